The number of carbonyl (C=O) groups is 1. The number of hydrogen-bond donors (Lipinski definition) is 0. The molecule has 2 heterocycles. The number of hydrogen-bond acceptors (Lipinski definition) is 6. The van der Waals surface area contributed by atoms with Crippen LogP contribution in [0.15, 0.2) is 55.1 Å². The summed E-state index contributed by atoms with van der Waals surface area (Å²) < 4.78 is 13.8. The summed E-state index contributed by atoms with van der Waals surface area (Å²) in [4.78, 5) is 24.1. The summed E-state index contributed by atoms with van der Waals surface area (Å²) in [6.45, 7) is 3.35. The highest BCUT2D eigenvalue weighted by Crippen LogP contribution is 2.32. The predicted molar refractivity (Wildman–Crippen MR) is 130 cm³/mol. The number of imidazole rings is 1. The summed E-state index contributed by atoms with van der Waals surface area (Å²) in [6, 6.07) is 11.3. The zero-order valence-electron chi connectivity index (χ0n) is 18.1. The zero-order valence-corrected chi connectivity index (χ0v) is 19.8. The van der Waals surface area contributed by atoms with E-state index >= 15 is 0 Å². The van der Waals surface area contributed by atoms with Gasteiger partial charge in [-0.25, -0.2) is 9.97 Å². The third-order valence-corrected chi connectivity index (χ3v) is 6.04. The van der Waals surface area contributed by atoms with Crippen molar-refractivity contribution in [1.29, 1.82) is 0 Å². The van der Waals surface area contributed by atoms with Crippen LogP contribution in [0.1, 0.15) is 22.3 Å². The maximum atomic E-state index is 13.5. The Kier molecular flexibility index (Phi) is 7.71. The van der Waals surface area contributed by atoms with Crippen molar-refractivity contribution in [3.63, 3.8) is 0 Å². The van der Waals surface area contributed by atoms with Crippen molar-refractivity contribution in [2.75, 3.05) is 25.7 Å². The van der Waals surface area contributed by atoms with Crippen molar-refractivity contribution in [3.05, 3.63) is 66.2 Å². The van der Waals surface area contributed by atoms with Crippen LogP contribution in [-0.2, 0) is 6.54 Å². The van der Waals surface area contributed by atoms with E-state index in [1.165, 1.54) is 16.9 Å². The van der Waals surface area contributed by atoms with Crippen molar-refractivity contribution in [3.8, 4) is 11.5 Å². The molecule has 0 radical (unpaired) electrons. The molecule has 168 valence electrons. The lowest BCUT2D eigenvalue weighted by Crippen LogP contribution is -2.32. The van der Waals surface area contributed by atoms with Gasteiger partial charge in [0, 0.05) is 31.0 Å². The monoisotopic (exact) mass is 472 g/mol. The molecule has 0 aliphatic rings. The number of thiazole rings is 1. The second-order valence-electron chi connectivity index (χ2n) is 7.15. The molecule has 0 saturated heterocycles. The fourth-order valence-corrected chi connectivity index (χ4v) is 4.46. The first kappa shape index (κ1) is 23.6. The number of anilines is 1. The van der Waals surface area contributed by atoms with Gasteiger partial charge in [-0.2, -0.15) is 0 Å². The van der Waals surface area contributed by atoms with Crippen LogP contribution in [0.3, 0.4) is 0 Å². The average Bonchev–Trinajstić information content (AvgIpc) is 3.45. The molecule has 2 aromatic heterocycles. The molecule has 7 nitrogen and oxygen atoms in total. The number of amides is 1. The first-order chi connectivity index (χ1) is 15.1. The topological polar surface area (TPSA) is 69.5 Å². The van der Waals surface area contributed by atoms with Crippen LogP contribution < -0.4 is 14.4 Å². The summed E-state index contributed by atoms with van der Waals surface area (Å²) in [5, 5.41) is 0.686. The Morgan fingerprint density at radius 3 is 2.66 bits per heavy atom. The lowest BCUT2D eigenvalue weighted by molar-refractivity contribution is 0.0986. The van der Waals surface area contributed by atoms with E-state index in [0.717, 1.165) is 23.2 Å². The Morgan fingerprint density at radius 1 is 1.12 bits per heavy atom. The molecule has 4 rings (SSSR count). The second kappa shape index (κ2) is 10.5. The number of benzene rings is 2. The van der Waals surface area contributed by atoms with Gasteiger partial charge in [0.05, 0.1) is 30.8 Å². The van der Waals surface area contributed by atoms with Crippen molar-refractivity contribution in [2.45, 2.75) is 19.9 Å². The third kappa shape index (κ3) is 5.03. The lowest BCUT2D eigenvalue weighted by Gasteiger charge is -2.20. The van der Waals surface area contributed by atoms with Gasteiger partial charge >= 0.3 is 0 Å². The molecule has 0 N–H and O–H groups in total. The van der Waals surface area contributed by atoms with Gasteiger partial charge in [0.15, 0.2) is 16.6 Å². The number of halogens is 1. The normalized spacial score (nSPS) is 10.6. The van der Waals surface area contributed by atoms with Crippen molar-refractivity contribution < 1.29 is 14.3 Å². The maximum absolute atomic E-state index is 13.5. The van der Waals surface area contributed by atoms with Crippen LogP contribution in [-0.4, -0.2) is 41.2 Å². The van der Waals surface area contributed by atoms with Gasteiger partial charge in [0.1, 0.15) is 0 Å². The molecule has 0 aliphatic carbocycles. The van der Waals surface area contributed by atoms with Crippen LogP contribution in [0.2, 0.25) is 0 Å². The highest BCUT2D eigenvalue weighted by molar-refractivity contribution is 7.22. The molecule has 32 heavy (non-hydrogen) atoms. The standard InChI is InChI=1S/C23H24N4O3S.ClH/c1-16-5-7-18-21(13-16)31-23(25-18)27(11-4-10-26-12-9-24-15-26)22(28)17-6-8-19(29-2)20(14-17)30-3;/h5-9,12-15H,4,10-11H2,1-3H3;1H. The van der Waals surface area contributed by atoms with Gasteiger partial charge in [0.25, 0.3) is 5.91 Å². The summed E-state index contributed by atoms with van der Waals surface area (Å²) in [5.74, 6) is 0.982. The Morgan fingerprint density at radius 2 is 1.94 bits per heavy atom. The smallest absolute Gasteiger partial charge is 0.260 e. The van der Waals surface area contributed by atoms with Crippen LogP contribution in [0.4, 0.5) is 5.13 Å². The second-order valence-corrected chi connectivity index (χ2v) is 8.16. The Labute approximate surface area is 197 Å². The number of nitrogens with zero attached hydrogens (tertiary/aromatic N) is 4. The Balaban J connectivity index is 0.00000289. The highest BCUT2D eigenvalue weighted by atomic mass is 35.5. The minimum Gasteiger partial charge on any atom is -0.493 e. The van der Waals surface area contributed by atoms with E-state index in [9.17, 15) is 4.79 Å². The molecule has 0 saturated carbocycles. The average molecular weight is 473 g/mol. The quantitative estimate of drug-likeness (QED) is 0.362. The number of aryl methyl sites for hydroxylation is 2. The molecule has 0 unspecified atom stereocenters. The molecule has 0 atom stereocenters. The molecule has 0 bridgehead atoms. The molecule has 4 aromatic rings. The third-order valence-electron chi connectivity index (χ3n) is 5.00. The van der Waals surface area contributed by atoms with E-state index in [1.54, 1.807) is 49.8 Å². The number of methoxy groups -OCH3 is 2. The predicted octanol–water partition coefficient (Wildman–Crippen LogP) is 4.98. The first-order valence-electron chi connectivity index (χ1n) is 9.96. The van der Waals surface area contributed by atoms with Gasteiger partial charge in [-0.1, -0.05) is 17.4 Å². The first-order valence-corrected chi connectivity index (χ1v) is 10.8. The fourth-order valence-electron chi connectivity index (χ4n) is 3.37. The SMILES string of the molecule is COc1ccc(C(=O)N(CCCn2ccnc2)c2nc3ccc(C)cc3s2)cc1OC.Cl. The molecule has 2 aromatic carbocycles. The zero-order chi connectivity index (χ0) is 21.8. The van der Waals surface area contributed by atoms with Crippen LogP contribution >= 0.6 is 23.7 Å². The molecule has 0 fully saturated rings. The van der Waals surface area contributed by atoms with Crippen LogP contribution in [0, 0.1) is 6.92 Å². The molecule has 0 spiro atoms. The molecule has 0 aliphatic heterocycles. The van der Waals surface area contributed by atoms with E-state index in [2.05, 4.69) is 18.0 Å². The summed E-state index contributed by atoms with van der Waals surface area (Å²) in [6.07, 6.45) is 6.22. The van der Waals surface area contributed by atoms with Crippen molar-refractivity contribution in [1.82, 2.24) is 14.5 Å². The minimum atomic E-state index is -0.123. The summed E-state index contributed by atoms with van der Waals surface area (Å²) in [7, 11) is 3.13. The summed E-state index contributed by atoms with van der Waals surface area (Å²) in [5.41, 5.74) is 2.58. The van der Waals surface area contributed by atoms with E-state index in [-0.39, 0.29) is 18.3 Å². The van der Waals surface area contributed by atoms with Gasteiger partial charge in [-0.05, 0) is 49.2 Å². The number of aromatic nitrogens is 3. The van der Waals surface area contributed by atoms with Gasteiger partial charge in [-0.15, -0.1) is 12.4 Å². The van der Waals surface area contributed by atoms with Crippen LogP contribution in [0.25, 0.3) is 10.2 Å². The van der Waals surface area contributed by atoms with Crippen LogP contribution in [0.5, 0.6) is 11.5 Å². The molecular formula is C23H25ClN4O3S. The van der Waals surface area contributed by atoms with Gasteiger partial charge in [-0.3, -0.25) is 9.69 Å². The number of rotatable bonds is 8. The summed E-state index contributed by atoms with van der Waals surface area (Å²) >= 11 is 1.53. The Bertz CT molecular complexity index is 1190. The van der Waals surface area contributed by atoms with Gasteiger partial charge < -0.3 is 14.0 Å². The van der Waals surface area contributed by atoms with E-state index in [1.807, 2.05) is 22.9 Å². The molecular weight excluding hydrogens is 448 g/mol. The Hall–Kier alpha value is -3.10. The number of fused-ring (bicyclic) bond motifs is 1. The fraction of sp³-hybridized carbons (Fsp3) is 0.261. The minimum absolute atomic E-state index is 0. The largest absolute Gasteiger partial charge is 0.493 e. The van der Waals surface area contributed by atoms with E-state index in [0.29, 0.717) is 28.7 Å². The maximum Gasteiger partial charge on any atom is 0.260 e. The molecule has 1 amide bonds. The van der Waals surface area contributed by atoms with Crippen molar-refractivity contribution >= 4 is 45.0 Å². The number of carbonyl (C=O) groups excluding carboxylic acids is 1. The number of ether oxygens (including phenoxy) is 2. The lowest BCUT2D eigenvalue weighted by atomic mass is 10.1. The van der Waals surface area contributed by atoms with E-state index < -0.39 is 0 Å². The van der Waals surface area contributed by atoms with Gasteiger partial charge in [0.2, 0.25) is 0 Å². The van der Waals surface area contributed by atoms with E-state index in [4.69, 9.17) is 14.5 Å². The molecule has 9 heteroatoms. The van der Waals surface area contributed by atoms with Crippen molar-refractivity contribution in [2.24, 2.45) is 0 Å². The highest BCUT2D eigenvalue weighted by Gasteiger charge is 2.22.